The molecule has 114 valence electrons. The van der Waals surface area contributed by atoms with Crippen LogP contribution in [0.2, 0.25) is 0 Å². The van der Waals surface area contributed by atoms with Crippen molar-refractivity contribution in [1.82, 2.24) is 15.0 Å². The first-order valence-corrected chi connectivity index (χ1v) is 7.22. The van der Waals surface area contributed by atoms with Gasteiger partial charge in [0.25, 0.3) is 0 Å². The van der Waals surface area contributed by atoms with Gasteiger partial charge in [0.05, 0.1) is 12.1 Å². The van der Waals surface area contributed by atoms with Gasteiger partial charge in [0.1, 0.15) is 0 Å². The summed E-state index contributed by atoms with van der Waals surface area (Å²) >= 11 is 0. The summed E-state index contributed by atoms with van der Waals surface area (Å²) in [5.41, 5.74) is 1.40. The molecule has 0 saturated heterocycles. The third-order valence-corrected chi connectivity index (χ3v) is 3.19. The summed E-state index contributed by atoms with van der Waals surface area (Å²) in [5, 5.41) is 13.9. The monoisotopic (exact) mass is 289 g/mol. The number of nitrogens with zero attached hydrogens (tertiary/aromatic N) is 3. The maximum absolute atomic E-state index is 9.90. The lowest BCUT2D eigenvalue weighted by atomic mass is 10.1. The summed E-state index contributed by atoms with van der Waals surface area (Å²) in [4.78, 5) is 6.50. The van der Waals surface area contributed by atoms with Crippen LogP contribution in [-0.4, -0.2) is 38.8 Å². The molecule has 2 aromatic rings. The molecule has 0 spiro atoms. The fourth-order valence-corrected chi connectivity index (χ4v) is 2.16. The van der Waals surface area contributed by atoms with Gasteiger partial charge in [0, 0.05) is 12.1 Å². The Balaban J connectivity index is 2.07. The zero-order chi connectivity index (χ0) is 15.5. The number of rotatable bonds is 6. The zero-order valence-corrected chi connectivity index (χ0v) is 13.1. The normalized spacial score (nSPS) is 12.1. The first-order chi connectivity index (χ1) is 9.87. The van der Waals surface area contributed by atoms with E-state index in [1.165, 1.54) is 5.56 Å². The number of hydrogen-bond donors (Lipinski definition) is 1. The molecule has 0 fully saturated rings. The fraction of sp³-hybridized carbons (Fsp3) is 0.500. The van der Waals surface area contributed by atoms with E-state index in [4.69, 9.17) is 4.52 Å². The second kappa shape index (κ2) is 6.37. The molecular formula is C16H23N3O2. The van der Waals surface area contributed by atoms with Gasteiger partial charge < -0.3 is 9.63 Å². The molecule has 5 nitrogen and oxygen atoms in total. The van der Waals surface area contributed by atoms with E-state index in [1.807, 2.05) is 38.1 Å². The van der Waals surface area contributed by atoms with E-state index in [2.05, 4.69) is 15.0 Å². The van der Waals surface area contributed by atoms with Crippen molar-refractivity contribution in [2.24, 2.45) is 0 Å². The third-order valence-electron chi connectivity index (χ3n) is 3.19. The van der Waals surface area contributed by atoms with Crippen molar-refractivity contribution in [3.05, 3.63) is 35.7 Å². The van der Waals surface area contributed by atoms with Crippen LogP contribution in [0.5, 0.6) is 0 Å². The minimum absolute atomic E-state index is 0.541. The number of hydrogen-bond acceptors (Lipinski definition) is 5. The fourth-order valence-electron chi connectivity index (χ4n) is 2.16. The van der Waals surface area contributed by atoms with E-state index in [0.717, 1.165) is 12.1 Å². The summed E-state index contributed by atoms with van der Waals surface area (Å²) in [6.45, 7) is 9.59. The standard InChI is InChI=1S/C16H23N3O2/c1-5-19(11-16(3,4)20)10-14-17-15(18-21-14)13-8-6-12(2)7-9-13/h6-9,20H,5,10-11H2,1-4H3. The number of benzene rings is 1. The minimum Gasteiger partial charge on any atom is -0.389 e. The Morgan fingerprint density at radius 3 is 2.48 bits per heavy atom. The number of aryl methyl sites for hydroxylation is 1. The Bertz CT molecular complexity index is 570. The number of aliphatic hydroxyl groups is 1. The lowest BCUT2D eigenvalue weighted by Gasteiger charge is -2.26. The van der Waals surface area contributed by atoms with Crippen LogP contribution in [0.15, 0.2) is 28.8 Å². The van der Waals surface area contributed by atoms with Crippen molar-refractivity contribution >= 4 is 0 Å². The molecule has 0 aliphatic rings. The zero-order valence-electron chi connectivity index (χ0n) is 13.1. The van der Waals surface area contributed by atoms with Gasteiger partial charge in [0.2, 0.25) is 11.7 Å². The highest BCUT2D eigenvalue weighted by molar-refractivity contribution is 5.54. The van der Waals surface area contributed by atoms with E-state index in [1.54, 1.807) is 13.8 Å². The smallest absolute Gasteiger partial charge is 0.241 e. The molecule has 1 aromatic carbocycles. The lowest BCUT2D eigenvalue weighted by molar-refractivity contribution is 0.0322. The summed E-state index contributed by atoms with van der Waals surface area (Å²) < 4.78 is 5.31. The molecule has 0 atom stereocenters. The van der Waals surface area contributed by atoms with Crippen LogP contribution in [-0.2, 0) is 6.54 Å². The Labute approximate surface area is 125 Å². The van der Waals surface area contributed by atoms with Gasteiger partial charge in [-0.25, -0.2) is 0 Å². The van der Waals surface area contributed by atoms with Crippen LogP contribution in [0.4, 0.5) is 0 Å². The molecule has 0 bridgehead atoms. The minimum atomic E-state index is -0.740. The van der Waals surface area contributed by atoms with Crippen molar-refractivity contribution in [3.63, 3.8) is 0 Å². The Morgan fingerprint density at radius 2 is 1.90 bits per heavy atom. The third kappa shape index (κ3) is 4.65. The van der Waals surface area contributed by atoms with Crippen molar-refractivity contribution in [2.45, 2.75) is 39.8 Å². The van der Waals surface area contributed by atoms with Gasteiger partial charge in [-0.1, -0.05) is 41.9 Å². The van der Waals surface area contributed by atoms with Crippen LogP contribution in [0, 0.1) is 6.92 Å². The quantitative estimate of drug-likeness (QED) is 0.885. The molecule has 0 aliphatic carbocycles. The first kappa shape index (κ1) is 15.7. The number of aromatic nitrogens is 2. The molecule has 0 unspecified atom stereocenters. The average Bonchev–Trinajstić information content (AvgIpc) is 2.85. The van der Waals surface area contributed by atoms with Gasteiger partial charge in [-0.2, -0.15) is 4.98 Å². The molecule has 21 heavy (non-hydrogen) atoms. The van der Waals surface area contributed by atoms with E-state index in [0.29, 0.717) is 24.8 Å². The Kier molecular flexibility index (Phi) is 4.75. The van der Waals surface area contributed by atoms with E-state index in [-0.39, 0.29) is 0 Å². The summed E-state index contributed by atoms with van der Waals surface area (Å²) in [5.74, 6) is 1.17. The second-order valence-corrected chi connectivity index (χ2v) is 5.99. The van der Waals surface area contributed by atoms with Crippen molar-refractivity contribution < 1.29 is 9.63 Å². The highest BCUT2D eigenvalue weighted by Crippen LogP contribution is 2.17. The first-order valence-electron chi connectivity index (χ1n) is 7.22. The molecule has 0 saturated carbocycles. The van der Waals surface area contributed by atoms with Gasteiger partial charge in [-0.05, 0) is 27.3 Å². The highest BCUT2D eigenvalue weighted by atomic mass is 16.5. The maximum Gasteiger partial charge on any atom is 0.241 e. The molecule has 0 radical (unpaired) electrons. The van der Waals surface area contributed by atoms with Crippen molar-refractivity contribution in [3.8, 4) is 11.4 Å². The average molecular weight is 289 g/mol. The summed E-state index contributed by atoms with van der Waals surface area (Å²) in [7, 11) is 0. The van der Waals surface area contributed by atoms with Crippen LogP contribution in [0.25, 0.3) is 11.4 Å². The molecule has 0 aliphatic heterocycles. The second-order valence-electron chi connectivity index (χ2n) is 5.99. The topological polar surface area (TPSA) is 62.4 Å². The molecule has 1 N–H and O–H groups in total. The predicted octanol–water partition coefficient (Wildman–Crippen LogP) is 2.64. The van der Waals surface area contributed by atoms with Crippen molar-refractivity contribution in [2.75, 3.05) is 13.1 Å². The molecule has 2 rings (SSSR count). The van der Waals surface area contributed by atoms with Crippen LogP contribution >= 0.6 is 0 Å². The summed E-state index contributed by atoms with van der Waals surface area (Å²) in [6, 6.07) is 8.02. The van der Waals surface area contributed by atoms with Gasteiger partial charge in [0.15, 0.2) is 0 Å². The van der Waals surface area contributed by atoms with Gasteiger partial charge >= 0.3 is 0 Å². The van der Waals surface area contributed by atoms with Crippen LogP contribution < -0.4 is 0 Å². The van der Waals surface area contributed by atoms with E-state index < -0.39 is 5.60 Å². The van der Waals surface area contributed by atoms with Gasteiger partial charge in [-0.15, -0.1) is 0 Å². The van der Waals surface area contributed by atoms with E-state index >= 15 is 0 Å². The largest absolute Gasteiger partial charge is 0.389 e. The van der Waals surface area contributed by atoms with E-state index in [9.17, 15) is 5.11 Å². The Hall–Kier alpha value is -1.72. The highest BCUT2D eigenvalue weighted by Gasteiger charge is 2.19. The number of likely N-dealkylation sites (N-methyl/N-ethyl adjacent to an activating group) is 1. The maximum atomic E-state index is 9.90. The SMILES string of the molecule is CCN(Cc1nc(-c2ccc(C)cc2)no1)CC(C)(C)O. The Morgan fingerprint density at radius 1 is 1.24 bits per heavy atom. The lowest BCUT2D eigenvalue weighted by Crippen LogP contribution is -2.38. The summed E-state index contributed by atoms with van der Waals surface area (Å²) in [6.07, 6.45) is 0. The molecule has 0 amide bonds. The molecular weight excluding hydrogens is 266 g/mol. The van der Waals surface area contributed by atoms with Crippen LogP contribution in [0.1, 0.15) is 32.2 Å². The molecule has 1 aromatic heterocycles. The molecule has 1 heterocycles. The van der Waals surface area contributed by atoms with Crippen molar-refractivity contribution in [1.29, 1.82) is 0 Å². The molecule has 5 heteroatoms. The van der Waals surface area contributed by atoms with Gasteiger partial charge in [-0.3, -0.25) is 4.90 Å². The van der Waals surface area contributed by atoms with Crippen LogP contribution in [0.3, 0.4) is 0 Å². The predicted molar refractivity (Wildman–Crippen MR) is 81.7 cm³/mol.